The minimum Gasteiger partial charge on any atom is -0.389 e. The van der Waals surface area contributed by atoms with Crippen LogP contribution in [0.25, 0.3) is 0 Å². The molecule has 0 fully saturated rings. The largest absolute Gasteiger partial charge is 0.389 e. The molecule has 0 bridgehead atoms. The van der Waals surface area contributed by atoms with Crippen molar-refractivity contribution in [2.24, 2.45) is 0 Å². The number of amides is 1. The summed E-state index contributed by atoms with van der Waals surface area (Å²) < 4.78 is 5.08. The van der Waals surface area contributed by atoms with E-state index < -0.39 is 5.60 Å². The lowest BCUT2D eigenvalue weighted by molar-refractivity contribution is -0.133. The van der Waals surface area contributed by atoms with Crippen molar-refractivity contribution in [1.82, 2.24) is 10.1 Å². The number of aliphatic hydroxyl groups is 1. The number of nitrogens with zero attached hydrogens (tertiary/aromatic N) is 2. The Labute approximate surface area is 114 Å². The summed E-state index contributed by atoms with van der Waals surface area (Å²) in [7, 11) is 0. The number of aryl methyl sites for hydroxylation is 2. The van der Waals surface area contributed by atoms with Crippen LogP contribution in [0.2, 0.25) is 0 Å². The number of rotatable bonds is 6. The van der Waals surface area contributed by atoms with E-state index in [1.807, 2.05) is 20.8 Å². The zero-order valence-electron chi connectivity index (χ0n) is 12.5. The van der Waals surface area contributed by atoms with Crippen LogP contribution < -0.4 is 0 Å². The molecule has 1 rings (SSSR count). The minimum absolute atomic E-state index is 0.0459. The quantitative estimate of drug-likeness (QED) is 0.855. The molecule has 0 aliphatic carbocycles. The van der Waals surface area contributed by atoms with Gasteiger partial charge in [0.1, 0.15) is 5.76 Å². The Bertz CT molecular complexity index is 413. The van der Waals surface area contributed by atoms with Gasteiger partial charge in [-0.15, -0.1) is 0 Å². The van der Waals surface area contributed by atoms with Gasteiger partial charge in [-0.05, 0) is 41.0 Å². The normalized spacial score (nSPS) is 11.7. The van der Waals surface area contributed by atoms with Crippen molar-refractivity contribution >= 4 is 5.91 Å². The van der Waals surface area contributed by atoms with Crippen LogP contribution in [0.1, 0.15) is 44.2 Å². The number of carbonyl (C=O) groups is 1. The Kier molecular flexibility index (Phi) is 5.11. The van der Waals surface area contributed by atoms with Gasteiger partial charge in [-0.3, -0.25) is 4.79 Å². The van der Waals surface area contributed by atoms with Crippen LogP contribution in [-0.4, -0.2) is 39.8 Å². The van der Waals surface area contributed by atoms with Gasteiger partial charge in [0.2, 0.25) is 5.91 Å². The van der Waals surface area contributed by atoms with Crippen LogP contribution in [0.4, 0.5) is 0 Å². The van der Waals surface area contributed by atoms with Crippen LogP contribution in [0, 0.1) is 13.8 Å². The van der Waals surface area contributed by atoms with Crippen LogP contribution >= 0.6 is 0 Å². The summed E-state index contributed by atoms with van der Waals surface area (Å²) in [6, 6.07) is 0. The van der Waals surface area contributed by atoms with Crippen LogP contribution in [0.15, 0.2) is 4.52 Å². The van der Waals surface area contributed by atoms with Crippen LogP contribution in [0.5, 0.6) is 0 Å². The minimum atomic E-state index is -0.866. The Balaban J connectivity index is 2.59. The molecule has 1 heterocycles. The highest BCUT2D eigenvalue weighted by Gasteiger charge is 2.21. The third-order valence-electron chi connectivity index (χ3n) is 3.08. The predicted octanol–water partition coefficient (Wildman–Crippen LogP) is 1.84. The molecule has 0 radical (unpaired) electrons. The third kappa shape index (κ3) is 4.67. The first kappa shape index (κ1) is 15.7. The van der Waals surface area contributed by atoms with Gasteiger partial charge in [0.05, 0.1) is 11.3 Å². The first-order valence-corrected chi connectivity index (χ1v) is 6.66. The Morgan fingerprint density at radius 2 is 2.05 bits per heavy atom. The molecule has 1 aromatic heterocycles. The number of hydrogen-bond acceptors (Lipinski definition) is 4. The van der Waals surface area contributed by atoms with E-state index in [4.69, 9.17) is 4.52 Å². The van der Waals surface area contributed by atoms with Gasteiger partial charge in [0.15, 0.2) is 0 Å². The summed E-state index contributed by atoms with van der Waals surface area (Å²) in [4.78, 5) is 13.8. The zero-order valence-corrected chi connectivity index (χ0v) is 12.5. The number of likely N-dealkylation sites (N-methyl/N-ethyl adjacent to an activating group) is 1. The van der Waals surface area contributed by atoms with Crippen molar-refractivity contribution in [2.45, 2.75) is 53.1 Å². The molecule has 1 N–H and O–H groups in total. The van der Waals surface area contributed by atoms with Crippen molar-refractivity contribution in [3.63, 3.8) is 0 Å². The molecule has 0 aromatic carbocycles. The van der Waals surface area contributed by atoms with E-state index in [2.05, 4.69) is 5.16 Å². The van der Waals surface area contributed by atoms with Crippen molar-refractivity contribution < 1.29 is 14.4 Å². The Morgan fingerprint density at radius 3 is 2.47 bits per heavy atom. The van der Waals surface area contributed by atoms with Crippen molar-refractivity contribution in [3.05, 3.63) is 17.0 Å². The van der Waals surface area contributed by atoms with E-state index in [0.29, 0.717) is 25.9 Å². The van der Waals surface area contributed by atoms with E-state index in [-0.39, 0.29) is 5.91 Å². The average Bonchev–Trinajstić information content (AvgIpc) is 2.62. The predicted molar refractivity (Wildman–Crippen MR) is 72.8 cm³/mol. The lowest BCUT2D eigenvalue weighted by Crippen LogP contribution is -2.42. The summed E-state index contributed by atoms with van der Waals surface area (Å²) in [5.41, 5.74) is 0.984. The molecule has 0 aliphatic heterocycles. The second kappa shape index (κ2) is 6.19. The van der Waals surface area contributed by atoms with E-state index in [1.54, 1.807) is 18.7 Å². The SMILES string of the molecule is CCN(CC(C)(C)O)C(=O)CCc1c(C)noc1C. The molecule has 19 heavy (non-hydrogen) atoms. The van der Waals surface area contributed by atoms with E-state index in [0.717, 1.165) is 17.0 Å². The highest BCUT2D eigenvalue weighted by atomic mass is 16.5. The maximum Gasteiger partial charge on any atom is 0.222 e. The maximum absolute atomic E-state index is 12.1. The molecule has 0 spiro atoms. The molecule has 0 atom stereocenters. The molecule has 1 aromatic rings. The van der Waals surface area contributed by atoms with Gasteiger partial charge >= 0.3 is 0 Å². The number of carbonyl (C=O) groups excluding carboxylic acids is 1. The van der Waals surface area contributed by atoms with Gasteiger partial charge < -0.3 is 14.5 Å². The molecular weight excluding hydrogens is 244 g/mol. The van der Waals surface area contributed by atoms with Crippen molar-refractivity contribution in [3.8, 4) is 0 Å². The lowest BCUT2D eigenvalue weighted by atomic mass is 10.1. The maximum atomic E-state index is 12.1. The molecule has 1 amide bonds. The number of aromatic nitrogens is 1. The van der Waals surface area contributed by atoms with Gasteiger partial charge in [-0.25, -0.2) is 0 Å². The molecule has 0 saturated heterocycles. The fraction of sp³-hybridized carbons (Fsp3) is 0.714. The molecule has 5 heteroatoms. The third-order valence-corrected chi connectivity index (χ3v) is 3.08. The summed E-state index contributed by atoms with van der Waals surface area (Å²) in [5, 5.41) is 13.7. The highest BCUT2D eigenvalue weighted by Crippen LogP contribution is 2.15. The average molecular weight is 268 g/mol. The fourth-order valence-electron chi connectivity index (χ4n) is 2.09. The van der Waals surface area contributed by atoms with E-state index in [1.165, 1.54) is 0 Å². The standard InChI is InChI=1S/C14H24N2O3/c1-6-16(9-14(4,5)18)13(17)8-7-12-10(2)15-19-11(12)3/h18H,6-9H2,1-5H3. The highest BCUT2D eigenvalue weighted by molar-refractivity contribution is 5.76. The van der Waals surface area contributed by atoms with E-state index >= 15 is 0 Å². The molecule has 0 unspecified atom stereocenters. The van der Waals surface area contributed by atoms with Crippen molar-refractivity contribution in [1.29, 1.82) is 0 Å². The summed E-state index contributed by atoms with van der Waals surface area (Å²) in [5.74, 6) is 0.820. The smallest absolute Gasteiger partial charge is 0.222 e. The molecule has 0 aliphatic rings. The molecule has 108 valence electrons. The van der Waals surface area contributed by atoms with Gasteiger partial charge in [-0.1, -0.05) is 5.16 Å². The van der Waals surface area contributed by atoms with Crippen LogP contribution in [0.3, 0.4) is 0 Å². The van der Waals surface area contributed by atoms with Crippen molar-refractivity contribution in [2.75, 3.05) is 13.1 Å². The van der Waals surface area contributed by atoms with Crippen LogP contribution in [-0.2, 0) is 11.2 Å². The van der Waals surface area contributed by atoms with Gasteiger partial charge in [0.25, 0.3) is 0 Å². The second-order valence-electron chi connectivity index (χ2n) is 5.52. The lowest BCUT2D eigenvalue weighted by Gasteiger charge is -2.28. The summed E-state index contributed by atoms with van der Waals surface area (Å²) in [6.07, 6.45) is 1.04. The molecule has 5 nitrogen and oxygen atoms in total. The molecule has 0 saturated carbocycles. The Hall–Kier alpha value is -1.36. The zero-order chi connectivity index (χ0) is 14.6. The fourth-order valence-corrected chi connectivity index (χ4v) is 2.09. The first-order chi connectivity index (χ1) is 8.74. The summed E-state index contributed by atoms with van der Waals surface area (Å²) >= 11 is 0. The molecular formula is C14H24N2O3. The summed E-state index contributed by atoms with van der Waals surface area (Å²) in [6.45, 7) is 10.0. The van der Waals surface area contributed by atoms with Gasteiger partial charge in [-0.2, -0.15) is 0 Å². The number of hydrogen-bond donors (Lipinski definition) is 1. The first-order valence-electron chi connectivity index (χ1n) is 6.66. The topological polar surface area (TPSA) is 66.6 Å². The monoisotopic (exact) mass is 268 g/mol. The second-order valence-corrected chi connectivity index (χ2v) is 5.52. The van der Waals surface area contributed by atoms with E-state index in [9.17, 15) is 9.90 Å². The van der Waals surface area contributed by atoms with Gasteiger partial charge in [0, 0.05) is 25.1 Å². The Morgan fingerprint density at radius 1 is 1.42 bits per heavy atom.